The molecule has 1 unspecified atom stereocenters. The number of carbonyl (C=O) groups excluding carboxylic acids is 1. The van der Waals surface area contributed by atoms with Crippen LogP contribution in [0.4, 0.5) is 0 Å². The minimum atomic E-state index is -0.959. The van der Waals surface area contributed by atoms with Crippen LogP contribution in [0.3, 0.4) is 0 Å². The van der Waals surface area contributed by atoms with Crippen molar-refractivity contribution in [1.29, 1.82) is 0 Å². The quantitative estimate of drug-likeness (QED) is 0.581. The minimum Gasteiger partial charge on any atom is -0.497 e. The van der Waals surface area contributed by atoms with Crippen molar-refractivity contribution in [2.75, 3.05) is 34.5 Å². The number of nitrogens with one attached hydrogen (secondary N) is 1. The summed E-state index contributed by atoms with van der Waals surface area (Å²) in [5, 5.41) is 13.3. The highest BCUT2D eigenvalue weighted by Gasteiger charge is 2.17. The van der Waals surface area contributed by atoms with Crippen LogP contribution >= 0.6 is 0 Å². The molecule has 0 saturated heterocycles. The Morgan fingerprint density at radius 2 is 1.67 bits per heavy atom. The molecule has 2 N–H and O–H groups in total. The van der Waals surface area contributed by atoms with Gasteiger partial charge in [-0.15, -0.1) is 0 Å². The number of aliphatic hydroxyl groups excluding tert-OH is 1. The Morgan fingerprint density at radius 3 is 2.30 bits per heavy atom. The van der Waals surface area contributed by atoms with Crippen LogP contribution in [0.2, 0.25) is 0 Å². The summed E-state index contributed by atoms with van der Waals surface area (Å²) >= 11 is 0. The normalized spacial score (nSPS) is 11.7. The minimum absolute atomic E-state index is 0.0112. The van der Waals surface area contributed by atoms with Crippen molar-refractivity contribution in [1.82, 2.24) is 5.32 Å². The molecule has 0 aliphatic carbocycles. The van der Waals surface area contributed by atoms with Crippen LogP contribution in [0.1, 0.15) is 42.3 Å². The third-order valence-corrected chi connectivity index (χ3v) is 4.63. The zero-order chi connectivity index (χ0) is 22.1. The summed E-state index contributed by atoms with van der Waals surface area (Å²) in [4.78, 5) is 12.6. The van der Waals surface area contributed by atoms with Gasteiger partial charge in [0.1, 0.15) is 17.6 Å². The first-order valence-electron chi connectivity index (χ1n) is 9.88. The molecule has 0 spiro atoms. The molecule has 30 heavy (non-hydrogen) atoms. The lowest BCUT2D eigenvalue weighted by Gasteiger charge is -2.17. The van der Waals surface area contributed by atoms with Gasteiger partial charge in [0.2, 0.25) is 0 Å². The van der Waals surface area contributed by atoms with Crippen LogP contribution in [0.5, 0.6) is 23.0 Å². The summed E-state index contributed by atoms with van der Waals surface area (Å²) in [7, 11) is 4.60. The van der Waals surface area contributed by atoms with E-state index in [-0.39, 0.29) is 12.5 Å². The lowest BCUT2D eigenvalue weighted by atomic mass is 10.1. The predicted octanol–water partition coefficient (Wildman–Crippen LogP) is 3.60. The van der Waals surface area contributed by atoms with Gasteiger partial charge < -0.3 is 29.4 Å². The first-order valence-corrected chi connectivity index (χ1v) is 9.88. The zero-order valence-electron chi connectivity index (χ0n) is 18.2. The Balaban J connectivity index is 2.04. The van der Waals surface area contributed by atoms with Gasteiger partial charge in [0.15, 0.2) is 11.5 Å². The van der Waals surface area contributed by atoms with Crippen LogP contribution in [-0.4, -0.2) is 45.5 Å². The molecule has 0 bridgehead atoms. The van der Waals surface area contributed by atoms with Gasteiger partial charge in [-0.3, -0.25) is 4.79 Å². The molecule has 2 rings (SSSR count). The second kappa shape index (κ2) is 11.3. The molecule has 0 aromatic heterocycles. The Hall–Kier alpha value is -2.93. The lowest BCUT2D eigenvalue weighted by Crippen LogP contribution is -2.28. The molecular formula is C23H31NO6. The number of aliphatic hydroxyl groups is 1. The van der Waals surface area contributed by atoms with E-state index in [4.69, 9.17) is 18.9 Å². The third-order valence-electron chi connectivity index (χ3n) is 4.63. The Bertz CT molecular complexity index is 836. The van der Waals surface area contributed by atoms with Crippen LogP contribution in [-0.2, 0) is 0 Å². The molecule has 0 fully saturated rings. The molecule has 1 atom stereocenters. The molecule has 0 saturated carbocycles. The van der Waals surface area contributed by atoms with E-state index in [1.807, 2.05) is 0 Å². The molecular weight excluding hydrogens is 386 g/mol. The zero-order valence-corrected chi connectivity index (χ0v) is 18.2. The topological polar surface area (TPSA) is 86.2 Å². The average molecular weight is 418 g/mol. The first-order chi connectivity index (χ1) is 14.4. The summed E-state index contributed by atoms with van der Waals surface area (Å²) in [6.07, 6.45) is -0.0312. The fourth-order valence-electron chi connectivity index (χ4n) is 2.83. The SMILES string of the molecule is COc1ccc(OC)c(C(O)CNC(=O)c2ccc(OCCC(C)C)c(OC)c2)c1. The predicted molar refractivity (Wildman–Crippen MR) is 115 cm³/mol. The highest BCUT2D eigenvalue weighted by Crippen LogP contribution is 2.30. The number of carbonyl (C=O) groups is 1. The molecule has 0 heterocycles. The van der Waals surface area contributed by atoms with Crippen LogP contribution < -0.4 is 24.3 Å². The summed E-state index contributed by atoms with van der Waals surface area (Å²) in [6.45, 7) is 4.85. The largest absolute Gasteiger partial charge is 0.497 e. The Labute approximate surface area is 177 Å². The first kappa shape index (κ1) is 23.3. The van der Waals surface area contributed by atoms with Crippen molar-refractivity contribution in [3.05, 3.63) is 47.5 Å². The summed E-state index contributed by atoms with van der Waals surface area (Å²) in [5.41, 5.74) is 0.941. The van der Waals surface area contributed by atoms with E-state index in [0.717, 1.165) is 6.42 Å². The van der Waals surface area contributed by atoms with Crippen molar-refractivity contribution >= 4 is 5.91 Å². The summed E-state index contributed by atoms with van der Waals surface area (Å²) in [6, 6.07) is 10.1. The van der Waals surface area contributed by atoms with Crippen LogP contribution in [0, 0.1) is 5.92 Å². The average Bonchev–Trinajstić information content (AvgIpc) is 2.76. The molecule has 0 aliphatic heterocycles. The number of rotatable bonds is 11. The molecule has 2 aromatic carbocycles. The molecule has 7 heteroatoms. The van der Waals surface area contributed by atoms with Crippen LogP contribution in [0.25, 0.3) is 0 Å². The molecule has 1 amide bonds. The molecule has 164 valence electrons. The van der Waals surface area contributed by atoms with Gasteiger partial charge in [0.25, 0.3) is 5.91 Å². The van der Waals surface area contributed by atoms with Gasteiger partial charge in [-0.05, 0) is 48.7 Å². The van der Waals surface area contributed by atoms with Crippen molar-refractivity contribution < 1.29 is 28.8 Å². The number of benzene rings is 2. The lowest BCUT2D eigenvalue weighted by molar-refractivity contribution is 0.0914. The van der Waals surface area contributed by atoms with Gasteiger partial charge in [-0.25, -0.2) is 0 Å². The summed E-state index contributed by atoms with van der Waals surface area (Å²) < 4.78 is 21.6. The van der Waals surface area contributed by atoms with Crippen molar-refractivity contribution in [2.24, 2.45) is 5.92 Å². The van der Waals surface area contributed by atoms with Gasteiger partial charge in [0, 0.05) is 17.7 Å². The highest BCUT2D eigenvalue weighted by atomic mass is 16.5. The van der Waals surface area contributed by atoms with Crippen molar-refractivity contribution in [2.45, 2.75) is 26.4 Å². The third kappa shape index (κ3) is 6.29. The maximum atomic E-state index is 12.6. The summed E-state index contributed by atoms with van der Waals surface area (Å²) in [5.74, 6) is 2.40. The van der Waals surface area contributed by atoms with E-state index in [0.29, 0.717) is 46.6 Å². The maximum absolute atomic E-state index is 12.6. The number of hydrogen-bond acceptors (Lipinski definition) is 6. The maximum Gasteiger partial charge on any atom is 0.251 e. The van der Waals surface area contributed by atoms with E-state index in [9.17, 15) is 9.90 Å². The van der Waals surface area contributed by atoms with Gasteiger partial charge >= 0.3 is 0 Å². The van der Waals surface area contributed by atoms with E-state index in [2.05, 4.69) is 19.2 Å². The number of methoxy groups -OCH3 is 3. The second-order valence-corrected chi connectivity index (χ2v) is 7.23. The van der Waals surface area contributed by atoms with Crippen molar-refractivity contribution in [3.63, 3.8) is 0 Å². The second-order valence-electron chi connectivity index (χ2n) is 7.23. The van der Waals surface area contributed by atoms with Crippen molar-refractivity contribution in [3.8, 4) is 23.0 Å². The standard InChI is InChI=1S/C23H31NO6/c1-15(2)10-11-30-21-8-6-16(12-22(21)29-5)23(26)24-14-19(25)18-13-17(27-3)7-9-20(18)28-4/h6-9,12-13,15,19,25H,10-11,14H2,1-5H3,(H,24,26). The monoisotopic (exact) mass is 417 g/mol. The Kier molecular flexibility index (Phi) is 8.80. The van der Waals surface area contributed by atoms with Gasteiger partial charge in [-0.2, -0.15) is 0 Å². The number of hydrogen-bond donors (Lipinski definition) is 2. The van der Waals surface area contributed by atoms with E-state index < -0.39 is 6.10 Å². The highest BCUT2D eigenvalue weighted by molar-refractivity contribution is 5.94. The Morgan fingerprint density at radius 1 is 0.967 bits per heavy atom. The van der Waals surface area contributed by atoms with Crippen LogP contribution in [0.15, 0.2) is 36.4 Å². The smallest absolute Gasteiger partial charge is 0.251 e. The van der Waals surface area contributed by atoms with E-state index >= 15 is 0 Å². The molecule has 7 nitrogen and oxygen atoms in total. The van der Waals surface area contributed by atoms with E-state index in [1.54, 1.807) is 43.5 Å². The van der Waals surface area contributed by atoms with E-state index in [1.165, 1.54) is 14.2 Å². The fourth-order valence-corrected chi connectivity index (χ4v) is 2.83. The van der Waals surface area contributed by atoms with Gasteiger partial charge in [0.05, 0.1) is 27.9 Å². The fraction of sp³-hybridized carbons (Fsp3) is 0.435. The molecule has 0 radical (unpaired) electrons. The number of ether oxygens (including phenoxy) is 4. The molecule has 0 aliphatic rings. The molecule has 2 aromatic rings. The van der Waals surface area contributed by atoms with Gasteiger partial charge in [-0.1, -0.05) is 13.8 Å². The number of amides is 1.